The molecule has 0 saturated carbocycles. The topological polar surface area (TPSA) is 102 Å². The molecule has 0 aliphatic carbocycles. The number of anilines is 1. The molecule has 2 amide bonds. The zero-order valence-corrected chi connectivity index (χ0v) is 13.4. The van der Waals surface area contributed by atoms with Gasteiger partial charge in [-0.15, -0.1) is 0 Å². The minimum Gasteiger partial charge on any atom is -0.505 e. The summed E-state index contributed by atoms with van der Waals surface area (Å²) in [5, 5.41) is 25.9. The molecule has 7 nitrogen and oxygen atoms in total. The lowest BCUT2D eigenvalue weighted by molar-refractivity contribution is -0.116. The largest absolute Gasteiger partial charge is 0.505 e. The van der Waals surface area contributed by atoms with Crippen LogP contribution in [0.3, 0.4) is 0 Å². The Bertz CT molecular complexity index is 769. The van der Waals surface area contributed by atoms with E-state index in [4.69, 9.17) is 0 Å². The average Bonchev–Trinajstić information content (AvgIpc) is 2.97. The molecule has 3 rings (SSSR count). The normalized spacial score (nSPS) is 22.5. The molecular formula is C17H19N3O4. The van der Waals surface area contributed by atoms with Crippen LogP contribution < -0.4 is 10.6 Å². The van der Waals surface area contributed by atoms with Crippen LogP contribution in [0.25, 0.3) is 0 Å². The highest BCUT2D eigenvalue weighted by atomic mass is 16.3. The Morgan fingerprint density at radius 1 is 1.46 bits per heavy atom. The Morgan fingerprint density at radius 2 is 2.21 bits per heavy atom. The summed E-state index contributed by atoms with van der Waals surface area (Å²) in [7, 11) is 1.53. The van der Waals surface area contributed by atoms with Crippen LogP contribution in [-0.2, 0) is 4.79 Å². The standard InChI is InChI=1S/C17H19N3O4/c1-9-3-5-11-14(15(9)22)19-16(23)12-7-10(4-6-13(21)18-2)8-20(12)17(11)24/h3-6,8,12,16,19,22-23H,7H2,1-2H3,(H,18,21)/t12-,16+/m0/s1. The van der Waals surface area contributed by atoms with E-state index in [-0.39, 0.29) is 23.3 Å². The molecule has 0 bridgehead atoms. The number of aliphatic hydroxyl groups is 1. The molecule has 7 heteroatoms. The van der Waals surface area contributed by atoms with Gasteiger partial charge in [-0.2, -0.15) is 0 Å². The SMILES string of the molecule is CNC(=O)C=CC1=CN2C(=O)c3ccc(C)c(O)c3N[C@H](O)[C@@H]2C1. The fourth-order valence-electron chi connectivity index (χ4n) is 2.92. The second-order valence-corrected chi connectivity index (χ2v) is 5.88. The number of phenolic OH excluding ortho intramolecular Hbond substituents is 1. The molecule has 0 aromatic heterocycles. The molecule has 126 valence electrons. The Hall–Kier alpha value is -2.80. The molecule has 0 saturated heterocycles. The third-order valence-electron chi connectivity index (χ3n) is 4.30. The average molecular weight is 329 g/mol. The smallest absolute Gasteiger partial charge is 0.260 e. The van der Waals surface area contributed by atoms with Gasteiger partial charge in [-0.25, -0.2) is 0 Å². The number of nitrogens with one attached hydrogen (secondary N) is 2. The first kappa shape index (κ1) is 16.1. The molecule has 4 N–H and O–H groups in total. The van der Waals surface area contributed by atoms with E-state index in [0.29, 0.717) is 17.5 Å². The molecule has 0 fully saturated rings. The summed E-state index contributed by atoms with van der Waals surface area (Å²) in [5.74, 6) is -0.587. The second-order valence-electron chi connectivity index (χ2n) is 5.88. The van der Waals surface area contributed by atoms with Crippen LogP contribution >= 0.6 is 0 Å². The van der Waals surface area contributed by atoms with Gasteiger partial charge in [-0.1, -0.05) is 12.1 Å². The zero-order chi connectivity index (χ0) is 17.4. The van der Waals surface area contributed by atoms with E-state index in [2.05, 4.69) is 10.6 Å². The molecule has 2 aliphatic heterocycles. The molecule has 0 radical (unpaired) electrons. The van der Waals surface area contributed by atoms with E-state index in [1.165, 1.54) is 18.0 Å². The van der Waals surface area contributed by atoms with Gasteiger partial charge < -0.3 is 25.7 Å². The quantitative estimate of drug-likeness (QED) is 0.476. The number of phenols is 1. The van der Waals surface area contributed by atoms with Gasteiger partial charge >= 0.3 is 0 Å². The van der Waals surface area contributed by atoms with Crippen LogP contribution in [0.15, 0.2) is 36.1 Å². The van der Waals surface area contributed by atoms with Gasteiger partial charge in [0.1, 0.15) is 12.0 Å². The maximum absolute atomic E-state index is 12.8. The first-order chi connectivity index (χ1) is 11.4. The number of carbonyl (C=O) groups excluding carboxylic acids is 2. The fraction of sp³-hybridized carbons (Fsp3) is 0.294. The van der Waals surface area contributed by atoms with Gasteiger partial charge in [-0.3, -0.25) is 9.59 Å². The van der Waals surface area contributed by atoms with Gasteiger partial charge in [0.2, 0.25) is 5.91 Å². The summed E-state index contributed by atoms with van der Waals surface area (Å²) in [4.78, 5) is 25.5. The summed E-state index contributed by atoms with van der Waals surface area (Å²) in [6, 6.07) is 2.78. The van der Waals surface area contributed by atoms with E-state index in [9.17, 15) is 19.8 Å². The van der Waals surface area contributed by atoms with Crippen molar-refractivity contribution in [3.8, 4) is 5.75 Å². The monoisotopic (exact) mass is 329 g/mol. The number of allylic oxidation sites excluding steroid dienone is 1. The maximum Gasteiger partial charge on any atom is 0.260 e. The number of amides is 2. The van der Waals surface area contributed by atoms with Crippen molar-refractivity contribution >= 4 is 17.5 Å². The maximum atomic E-state index is 12.8. The number of likely N-dealkylation sites (N-methyl/N-ethyl adjacent to an activating group) is 1. The van der Waals surface area contributed by atoms with Crippen molar-refractivity contribution in [1.82, 2.24) is 10.2 Å². The lowest BCUT2D eigenvalue weighted by Crippen LogP contribution is -2.42. The van der Waals surface area contributed by atoms with E-state index >= 15 is 0 Å². The van der Waals surface area contributed by atoms with Crippen molar-refractivity contribution in [2.75, 3.05) is 12.4 Å². The summed E-state index contributed by atoms with van der Waals surface area (Å²) in [6.45, 7) is 1.72. The number of hydrogen-bond acceptors (Lipinski definition) is 5. The number of fused-ring (bicyclic) bond motifs is 2. The van der Waals surface area contributed by atoms with Gasteiger partial charge in [0.25, 0.3) is 5.91 Å². The number of nitrogens with zero attached hydrogens (tertiary/aromatic N) is 1. The van der Waals surface area contributed by atoms with Crippen LogP contribution in [0.2, 0.25) is 0 Å². The molecular weight excluding hydrogens is 310 g/mol. The van der Waals surface area contributed by atoms with Crippen molar-refractivity contribution in [1.29, 1.82) is 0 Å². The van der Waals surface area contributed by atoms with E-state index in [1.54, 1.807) is 31.3 Å². The second kappa shape index (κ2) is 6.01. The predicted molar refractivity (Wildman–Crippen MR) is 88.3 cm³/mol. The molecule has 1 aromatic carbocycles. The van der Waals surface area contributed by atoms with Crippen molar-refractivity contribution in [2.45, 2.75) is 25.6 Å². The minimum atomic E-state index is -1.04. The van der Waals surface area contributed by atoms with Crippen LogP contribution in [0.4, 0.5) is 5.69 Å². The third kappa shape index (κ3) is 2.63. The number of hydrogen-bond donors (Lipinski definition) is 4. The molecule has 24 heavy (non-hydrogen) atoms. The number of benzene rings is 1. The van der Waals surface area contributed by atoms with Gasteiger partial charge in [-0.05, 0) is 30.5 Å². The highest BCUT2D eigenvalue weighted by molar-refractivity contribution is 6.03. The summed E-state index contributed by atoms with van der Waals surface area (Å²) >= 11 is 0. The first-order valence-corrected chi connectivity index (χ1v) is 7.62. The molecule has 1 aromatic rings. The van der Waals surface area contributed by atoms with Gasteiger partial charge in [0.05, 0.1) is 17.3 Å². The molecule has 2 heterocycles. The van der Waals surface area contributed by atoms with Gasteiger partial charge in [0.15, 0.2) is 0 Å². The van der Waals surface area contributed by atoms with Crippen LogP contribution in [0.5, 0.6) is 5.75 Å². The van der Waals surface area contributed by atoms with Crippen molar-refractivity contribution in [3.63, 3.8) is 0 Å². The lowest BCUT2D eigenvalue weighted by Gasteiger charge is -2.24. The Kier molecular flexibility index (Phi) is 4.02. The number of carbonyl (C=O) groups is 2. The predicted octanol–water partition coefficient (Wildman–Crippen LogP) is 0.845. The molecule has 2 aliphatic rings. The van der Waals surface area contributed by atoms with E-state index in [1.807, 2.05) is 0 Å². The fourth-order valence-corrected chi connectivity index (χ4v) is 2.92. The highest BCUT2D eigenvalue weighted by Gasteiger charge is 2.39. The van der Waals surface area contributed by atoms with Crippen LogP contribution in [-0.4, -0.2) is 46.2 Å². The van der Waals surface area contributed by atoms with Crippen LogP contribution in [0, 0.1) is 6.92 Å². The summed E-state index contributed by atoms with van der Waals surface area (Å²) in [5.41, 5.74) is 1.93. The number of rotatable bonds is 2. The zero-order valence-electron chi connectivity index (χ0n) is 13.4. The molecule has 0 unspecified atom stereocenters. The number of aromatic hydroxyl groups is 1. The minimum absolute atomic E-state index is 0.0372. The van der Waals surface area contributed by atoms with Gasteiger partial charge in [0, 0.05) is 19.3 Å². The lowest BCUT2D eigenvalue weighted by atomic mass is 10.1. The first-order valence-electron chi connectivity index (χ1n) is 7.62. The van der Waals surface area contributed by atoms with Crippen LogP contribution in [0.1, 0.15) is 22.3 Å². The number of aliphatic hydroxyl groups excluding tert-OH is 1. The summed E-state index contributed by atoms with van der Waals surface area (Å²) < 4.78 is 0. The third-order valence-corrected chi connectivity index (χ3v) is 4.30. The highest BCUT2D eigenvalue weighted by Crippen LogP contribution is 2.38. The Morgan fingerprint density at radius 3 is 2.92 bits per heavy atom. The molecule has 0 spiro atoms. The number of aryl methyl sites for hydroxylation is 1. The van der Waals surface area contributed by atoms with E-state index in [0.717, 1.165) is 5.57 Å². The van der Waals surface area contributed by atoms with Crippen molar-refractivity contribution < 1.29 is 19.8 Å². The summed E-state index contributed by atoms with van der Waals surface area (Å²) in [6.07, 6.45) is 4.00. The van der Waals surface area contributed by atoms with E-state index < -0.39 is 12.3 Å². The van der Waals surface area contributed by atoms with Crippen molar-refractivity contribution in [3.05, 3.63) is 47.2 Å². The molecule has 2 atom stereocenters. The van der Waals surface area contributed by atoms with Crippen molar-refractivity contribution in [2.24, 2.45) is 0 Å². The Labute approximate surface area is 139 Å². The Balaban J connectivity index is 1.96.